The van der Waals surface area contributed by atoms with E-state index in [1.165, 1.54) is 11.1 Å². The SMILES string of the molecule is CCOc1ccccc1C(Cl)c1cc(C)ccc1C. The van der Waals surface area contributed by atoms with Gasteiger partial charge in [-0.3, -0.25) is 0 Å². The monoisotopic (exact) mass is 274 g/mol. The van der Waals surface area contributed by atoms with Crippen molar-refractivity contribution in [3.63, 3.8) is 0 Å². The Morgan fingerprint density at radius 3 is 2.53 bits per heavy atom. The molecule has 2 rings (SSSR count). The molecule has 0 spiro atoms. The highest BCUT2D eigenvalue weighted by atomic mass is 35.5. The Kier molecular flexibility index (Phi) is 4.49. The third kappa shape index (κ3) is 3.10. The highest BCUT2D eigenvalue weighted by Gasteiger charge is 2.17. The van der Waals surface area contributed by atoms with Crippen molar-refractivity contribution >= 4 is 11.6 Å². The summed E-state index contributed by atoms with van der Waals surface area (Å²) in [6, 6.07) is 14.3. The molecule has 0 aromatic heterocycles. The van der Waals surface area contributed by atoms with E-state index >= 15 is 0 Å². The van der Waals surface area contributed by atoms with Gasteiger partial charge < -0.3 is 4.74 Å². The molecule has 2 aromatic rings. The number of benzene rings is 2. The maximum absolute atomic E-state index is 6.67. The highest BCUT2D eigenvalue weighted by Crippen LogP contribution is 2.36. The van der Waals surface area contributed by atoms with Gasteiger partial charge in [0.25, 0.3) is 0 Å². The van der Waals surface area contributed by atoms with Crippen LogP contribution in [0.15, 0.2) is 42.5 Å². The summed E-state index contributed by atoms with van der Waals surface area (Å²) < 4.78 is 5.67. The minimum Gasteiger partial charge on any atom is -0.494 e. The summed E-state index contributed by atoms with van der Waals surface area (Å²) in [6.07, 6.45) is 0. The van der Waals surface area contributed by atoms with Crippen LogP contribution >= 0.6 is 11.6 Å². The Bertz CT molecular complexity index is 563. The normalized spacial score (nSPS) is 12.2. The average molecular weight is 275 g/mol. The Hall–Kier alpha value is -1.47. The van der Waals surface area contributed by atoms with Gasteiger partial charge in [0.1, 0.15) is 5.75 Å². The van der Waals surface area contributed by atoms with Crippen molar-refractivity contribution in [2.75, 3.05) is 6.61 Å². The molecule has 0 aliphatic heterocycles. The molecule has 0 heterocycles. The van der Waals surface area contributed by atoms with E-state index in [9.17, 15) is 0 Å². The zero-order chi connectivity index (χ0) is 13.8. The van der Waals surface area contributed by atoms with Crippen molar-refractivity contribution < 1.29 is 4.74 Å². The molecule has 0 bridgehead atoms. The van der Waals surface area contributed by atoms with Gasteiger partial charge in [-0.25, -0.2) is 0 Å². The predicted octanol–water partition coefficient (Wildman–Crippen LogP) is 5.03. The van der Waals surface area contributed by atoms with E-state index in [1.54, 1.807) is 0 Å². The van der Waals surface area contributed by atoms with Crippen LogP contribution in [0.3, 0.4) is 0 Å². The van der Waals surface area contributed by atoms with Gasteiger partial charge in [0.2, 0.25) is 0 Å². The molecule has 0 N–H and O–H groups in total. The fraction of sp³-hybridized carbons (Fsp3) is 0.294. The van der Waals surface area contributed by atoms with Crippen LogP contribution in [0.25, 0.3) is 0 Å². The van der Waals surface area contributed by atoms with Gasteiger partial charge in [0.15, 0.2) is 0 Å². The number of hydrogen-bond acceptors (Lipinski definition) is 1. The minimum atomic E-state index is -0.178. The number of aryl methyl sites for hydroxylation is 2. The topological polar surface area (TPSA) is 9.23 Å². The molecule has 2 aromatic carbocycles. The van der Waals surface area contributed by atoms with E-state index < -0.39 is 0 Å². The summed E-state index contributed by atoms with van der Waals surface area (Å²) in [6.45, 7) is 6.81. The maximum Gasteiger partial charge on any atom is 0.124 e. The maximum atomic E-state index is 6.67. The molecule has 2 heteroatoms. The number of rotatable bonds is 4. The summed E-state index contributed by atoms with van der Waals surface area (Å²) in [5, 5.41) is -0.178. The van der Waals surface area contributed by atoms with Crippen LogP contribution in [0, 0.1) is 13.8 Å². The van der Waals surface area contributed by atoms with Gasteiger partial charge in [-0.2, -0.15) is 0 Å². The first-order chi connectivity index (χ1) is 9.13. The number of ether oxygens (including phenoxy) is 1. The summed E-state index contributed by atoms with van der Waals surface area (Å²) >= 11 is 6.67. The van der Waals surface area contributed by atoms with Crippen LogP contribution in [-0.4, -0.2) is 6.61 Å². The van der Waals surface area contributed by atoms with E-state index in [0.717, 1.165) is 16.9 Å². The van der Waals surface area contributed by atoms with Crippen LogP contribution in [-0.2, 0) is 0 Å². The predicted molar refractivity (Wildman–Crippen MR) is 81.2 cm³/mol. The van der Waals surface area contributed by atoms with Gasteiger partial charge in [-0.05, 0) is 38.0 Å². The lowest BCUT2D eigenvalue weighted by atomic mass is 9.97. The Morgan fingerprint density at radius 2 is 1.79 bits per heavy atom. The average Bonchev–Trinajstić information content (AvgIpc) is 2.42. The highest BCUT2D eigenvalue weighted by molar-refractivity contribution is 6.23. The van der Waals surface area contributed by atoms with Crippen LogP contribution in [0.5, 0.6) is 5.75 Å². The summed E-state index contributed by atoms with van der Waals surface area (Å²) in [5.41, 5.74) is 4.60. The van der Waals surface area contributed by atoms with Crippen molar-refractivity contribution in [2.45, 2.75) is 26.1 Å². The molecule has 0 aliphatic rings. The first-order valence-corrected chi connectivity index (χ1v) is 7.00. The van der Waals surface area contributed by atoms with Crippen LogP contribution < -0.4 is 4.74 Å². The number of hydrogen-bond donors (Lipinski definition) is 0. The second-order valence-corrected chi connectivity index (χ2v) is 5.13. The lowest BCUT2D eigenvalue weighted by Gasteiger charge is -2.17. The van der Waals surface area contributed by atoms with Gasteiger partial charge in [-0.15, -0.1) is 11.6 Å². The van der Waals surface area contributed by atoms with Crippen molar-refractivity contribution in [1.82, 2.24) is 0 Å². The lowest BCUT2D eigenvalue weighted by Crippen LogP contribution is -2.01. The fourth-order valence-corrected chi connectivity index (χ4v) is 2.59. The van der Waals surface area contributed by atoms with Gasteiger partial charge >= 0.3 is 0 Å². The Morgan fingerprint density at radius 1 is 1.05 bits per heavy atom. The standard InChI is InChI=1S/C17H19ClO/c1-4-19-16-8-6-5-7-14(16)17(18)15-11-12(2)9-10-13(15)3/h5-11,17H,4H2,1-3H3. The molecule has 1 atom stereocenters. The third-order valence-electron chi connectivity index (χ3n) is 3.20. The number of alkyl halides is 1. The molecule has 0 amide bonds. The Labute approximate surface area is 120 Å². The van der Waals surface area contributed by atoms with Crippen LogP contribution in [0.4, 0.5) is 0 Å². The molecule has 0 fully saturated rings. The Balaban J connectivity index is 2.43. The van der Waals surface area contributed by atoms with Crippen molar-refractivity contribution in [1.29, 1.82) is 0 Å². The van der Waals surface area contributed by atoms with Crippen LogP contribution in [0.2, 0.25) is 0 Å². The fourth-order valence-electron chi connectivity index (χ4n) is 2.18. The smallest absolute Gasteiger partial charge is 0.124 e. The van der Waals surface area contributed by atoms with Gasteiger partial charge in [-0.1, -0.05) is 42.0 Å². The minimum absolute atomic E-state index is 0.178. The third-order valence-corrected chi connectivity index (χ3v) is 3.67. The van der Waals surface area contributed by atoms with E-state index in [-0.39, 0.29) is 5.38 Å². The molecular weight excluding hydrogens is 256 g/mol. The molecular formula is C17H19ClO. The molecule has 1 nitrogen and oxygen atoms in total. The second kappa shape index (κ2) is 6.12. The first kappa shape index (κ1) is 14.0. The van der Waals surface area contributed by atoms with E-state index in [0.29, 0.717) is 6.61 Å². The number of para-hydroxylation sites is 1. The molecule has 0 radical (unpaired) electrons. The first-order valence-electron chi connectivity index (χ1n) is 6.56. The molecule has 0 saturated carbocycles. The lowest BCUT2D eigenvalue weighted by molar-refractivity contribution is 0.337. The van der Waals surface area contributed by atoms with Gasteiger partial charge in [0, 0.05) is 5.56 Å². The molecule has 19 heavy (non-hydrogen) atoms. The largest absolute Gasteiger partial charge is 0.494 e. The second-order valence-electron chi connectivity index (χ2n) is 4.69. The van der Waals surface area contributed by atoms with Crippen molar-refractivity contribution in [3.05, 3.63) is 64.7 Å². The summed E-state index contributed by atoms with van der Waals surface area (Å²) in [5.74, 6) is 0.867. The summed E-state index contributed by atoms with van der Waals surface area (Å²) in [7, 11) is 0. The van der Waals surface area contributed by atoms with E-state index in [1.807, 2.05) is 31.2 Å². The van der Waals surface area contributed by atoms with Crippen molar-refractivity contribution in [2.24, 2.45) is 0 Å². The quantitative estimate of drug-likeness (QED) is 0.711. The number of halogens is 1. The molecule has 0 aliphatic carbocycles. The van der Waals surface area contributed by atoms with Crippen molar-refractivity contribution in [3.8, 4) is 5.75 Å². The van der Waals surface area contributed by atoms with Crippen LogP contribution in [0.1, 0.15) is 34.6 Å². The molecule has 1 unspecified atom stereocenters. The van der Waals surface area contributed by atoms with E-state index in [2.05, 4.69) is 32.0 Å². The zero-order valence-electron chi connectivity index (χ0n) is 11.6. The molecule has 0 saturated heterocycles. The summed E-state index contributed by atoms with van der Waals surface area (Å²) in [4.78, 5) is 0. The zero-order valence-corrected chi connectivity index (χ0v) is 12.4. The van der Waals surface area contributed by atoms with Gasteiger partial charge in [0.05, 0.1) is 12.0 Å². The molecule has 100 valence electrons. The van der Waals surface area contributed by atoms with E-state index in [4.69, 9.17) is 16.3 Å².